The molecule has 0 amide bonds. The smallest absolute Gasteiger partial charge is 0.00257 e. The highest BCUT2D eigenvalue weighted by Gasteiger charge is 2.39. The molecular weight excluding hydrogens is 196 g/mol. The van der Waals surface area contributed by atoms with Gasteiger partial charge in [0.2, 0.25) is 0 Å². The molecule has 16 heavy (non-hydrogen) atoms. The molecule has 2 heterocycles. The molecule has 0 aliphatic carbocycles. The van der Waals surface area contributed by atoms with Gasteiger partial charge in [-0.25, -0.2) is 0 Å². The fourth-order valence-electron chi connectivity index (χ4n) is 3.52. The first-order valence-electron chi connectivity index (χ1n) is 6.99. The molecular formula is C14H28N2. The van der Waals surface area contributed by atoms with Crippen molar-refractivity contribution in [1.29, 1.82) is 0 Å². The standard InChI is InChI=1S/C14H28N2/c1-11(2)5-15-7-13-9-16(6-12(3)4)10-14(13)8-15/h11-14H,5-10H2,1-4H3. The topological polar surface area (TPSA) is 6.48 Å². The van der Waals surface area contributed by atoms with E-state index >= 15 is 0 Å². The molecule has 0 aromatic heterocycles. The Morgan fingerprint density at radius 2 is 1.06 bits per heavy atom. The molecule has 2 rings (SSSR count). The van der Waals surface area contributed by atoms with Crippen LogP contribution in [0.2, 0.25) is 0 Å². The van der Waals surface area contributed by atoms with Crippen molar-refractivity contribution in [2.75, 3.05) is 39.3 Å². The number of nitrogens with zero attached hydrogens (tertiary/aromatic N) is 2. The zero-order valence-electron chi connectivity index (χ0n) is 11.4. The van der Waals surface area contributed by atoms with E-state index in [4.69, 9.17) is 0 Å². The number of fused-ring (bicyclic) bond motifs is 1. The second-order valence-electron chi connectivity index (χ2n) is 6.74. The third-order valence-corrected chi connectivity index (χ3v) is 3.88. The fourth-order valence-corrected chi connectivity index (χ4v) is 3.52. The molecule has 0 saturated carbocycles. The summed E-state index contributed by atoms with van der Waals surface area (Å²) in [6, 6.07) is 0. The molecule has 0 bridgehead atoms. The Bertz CT molecular complexity index is 189. The summed E-state index contributed by atoms with van der Waals surface area (Å²) in [5.41, 5.74) is 0. The van der Waals surface area contributed by atoms with Gasteiger partial charge >= 0.3 is 0 Å². The summed E-state index contributed by atoms with van der Waals surface area (Å²) in [6.07, 6.45) is 0. The van der Waals surface area contributed by atoms with E-state index in [0.29, 0.717) is 0 Å². The van der Waals surface area contributed by atoms with Gasteiger partial charge < -0.3 is 9.80 Å². The minimum Gasteiger partial charge on any atom is -0.302 e. The van der Waals surface area contributed by atoms with E-state index < -0.39 is 0 Å². The molecule has 0 atom stereocenters. The molecule has 0 N–H and O–H groups in total. The summed E-state index contributed by atoms with van der Waals surface area (Å²) < 4.78 is 0. The monoisotopic (exact) mass is 224 g/mol. The average Bonchev–Trinajstić information content (AvgIpc) is 2.58. The van der Waals surface area contributed by atoms with E-state index in [0.717, 1.165) is 23.7 Å². The lowest BCUT2D eigenvalue weighted by atomic mass is 10.0. The van der Waals surface area contributed by atoms with Crippen molar-refractivity contribution in [2.45, 2.75) is 27.7 Å². The highest BCUT2D eigenvalue weighted by atomic mass is 15.2. The van der Waals surface area contributed by atoms with Gasteiger partial charge in [-0.3, -0.25) is 0 Å². The van der Waals surface area contributed by atoms with Crippen LogP contribution in [-0.4, -0.2) is 49.1 Å². The first-order chi connectivity index (χ1) is 7.54. The number of likely N-dealkylation sites (tertiary alicyclic amines) is 2. The maximum atomic E-state index is 2.69. The van der Waals surface area contributed by atoms with Crippen LogP contribution >= 0.6 is 0 Å². The Morgan fingerprint density at radius 3 is 1.31 bits per heavy atom. The minimum atomic E-state index is 0.825. The molecule has 0 aromatic carbocycles. The molecule has 2 fully saturated rings. The zero-order chi connectivity index (χ0) is 11.7. The van der Waals surface area contributed by atoms with Gasteiger partial charge in [-0.15, -0.1) is 0 Å². The Labute approximate surface area is 101 Å². The first kappa shape index (κ1) is 12.4. The van der Waals surface area contributed by atoms with E-state index in [1.54, 1.807) is 0 Å². The second kappa shape index (κ2) is 5.05. The highest BCUT2D eigenvalue weighted by Crippen LogP contribution is 2.31. The van der Waals surface area contributed by atoms with Crippen LogP contribution in [0.3, 0.4) is 0 Å². The van der Waals surface area contributed by atoms with Crippen molar-refractivity contribution in [1.82, 2.24) is 9.80 Å². The summed E-state index contributed by atoms with van der Waals surface area (Å²) in [5, 5.41) is 0. The van der Waals surface area contributed by atoms with Crippen LogP contribution in [0.1, 0.15) is 27.7 Å². The van der Waals surface area contributed by atoms with Crippen LogP contribution in [0.15, 0.2) is 0 Å². The van der Waals surface area contributed by atoms with Crippen LogP contribution in [0.25, 0.3) is 0 Å². The van der Waals surface area contributed by atoms with Crippen LogP contribution in [-0.2, 0) is 0 Å². The predicted octanol–water partition coefficient (Wildman–Crippen LogP) is 2.16. The van der Waals surface area contributed by atoms with Crippen LogP contribution in [0, 0.1) is 23.7 Å². The Hall–Kier alpha value is -0.0800. The van der Waals surface area contributed by atoms with Crippen molar-refractivity contribution in [3.63, 3.8) is 0 Å². The van der Waals surface area contributed by atoms with Gasteiger partial charge in [0.05, 0.1) is 0 Å². The van der Waals surface area contributed by atoms with E-state index in [2.05, 4.69) is 37.5 Å². The zero-order valence-corrected chi connectivity index (χ0v) is 11.4. The maximum Gasteiger partial charge on any atom is 0.00257 e. The molecule has 0 aromatic rings. The molecule has 94 valence electrons. The van der Waals surface area contributed by atoms with Gasteiger partial charge in [0.15, 0.2) is 0 Å². The number of hydrogen-bond acceptors (Lipinski definition) is 2. The number of hydrogen-bond donors (Lipinski definition) is 0. The second-order valence-corrected chi connectivity index (χ2v) is 6.74. The Kier molecular flexibility index (Phi) is 3.91. The molecule has 2 heteroatoms. The molecule has 0 radical (unpaired) electrons. The molecule has 2 aliphatic rings. The number of rotatable bonds is 4. The predicted molar refractivity (Wildman–Crippen MR) is 69.5 cm³/mol. The van der Waals surface area contributed by atoms with E-state index in [9.17, 15) is 0 Å². The van der Waals surface area contributed by atoms with Gasteiger partial charge in [0, 0.05) is 39.3 Å². The largest absolute Gasteiger partial charge is 0.302 e. The Balaban J connectivity index is 1.77. The molecule has 0 spiro atoms. The van der Waals surface area contributed by atoms with Crippen LogP contribution < -0.4 is 0 Å². The lowest BCUT2D eigenvalue weighted by molar-refractivity contribution is 0.227. The van der Waals surface area contributed by atoms with E-state index in [1.165, 1.54) is 39.3 Å². The van der Waals surface area contributed by atoms with Crippen LogP contribution in [0.4, 0.5) is 0 Å². The van der Waals surface area contributed by atoms with Gasteiger partial charge in [0.1, 0.15) is 0 Å². The molecule has 0 unspecified atom stereocenters. The highest BCUT2D eigenvalue weighted by molar-refractivity contribution is 4.93. The summed E-state index contributed by atoms with van der Waals surface area (Å²) in [5.74, 6) is 3.59. The van der Waals surface area contributed by atoms with E-state index in [-0.39, 0.29) is 0 Å². The lowest BCUT2D eigenvalue weighted by Crippen LogP contribution is -2.32. The van der Waals surface area contributed by atoms with Crippen LogP contribution in [0.5, 0.6) is 0 Å². The molecule has 2 nitrogen and oxygen atoms in total. The average molecular weight is 224 g/mol. The first-order valence-corrected chi connectivity index (χ1v) is 6.99. The van der Waals surface area contributed by atoms with Crippen molar-refractivity contribution in [3.8, 4) is 0 Å². The van der Waals surface area contributed by atoms with E-state index in [1.807, 2.05) is 0 Å². The normalized spacial score (nSPS) is 31.9. The van der Waals surface area contributed by atoms with Gasteiger partial charge in [-0.2, -0.15) is 0 Å². The van der Waals surface area contributed by atoms with Crippen molar-refractivity contribution >= 4 is 0 Å². The minimum absolute atomic E-state index is 0.825. The fraction of sp³-hybridized carbons (Fsp3) is 1.00. The third kappa shape index (κ3) is 2.98. The maximum absolute atomic E-state index is 2.69. The molecule has 2 saturated heterocycles. The Morgan fingerprint density at radius 1 is 0.750 bits per heavy atom. The van der Waals surface area contributed by atoms with Crippen molar-refractivity contribution in [2.24, 2.45) is 23.7 Å². The summed E-state index contributed by atoms with van der Waals surface area (Å²) in [7, 11) is 0. The quantitative estimate of drug-likeness (QED) is 0.722. The summed E-state index contributed by atoms with van der Waals surface area (Å²) in [6.45, 7) is 17.4. The van der Waals surface area contributed by atoms with Crippen molar-refractivity contribution in [3.05, 3.63) is 0 Å². The summed E-state index contributed by atoms with van der Waals surface area (Å²) >= 11 is 0. The van der Waals surface area contributed by atoms with Gasteiger partial charge in [0.25, 0.3) is 0 Å². The lowest BCUT2D eigenvalue weighted by Gasteiger charge is -2.23. The van der Waals surface area contributed by atoms with Crippen molar-refractivity contribution < 1.29 is 0 Å². The third-order valence-electron chi connectivity index (χ3n) is 3.88. The SMILES string of the molecule is CC(C)CN1CC2CN(CC(C)C)CC2C1. The van der Waals surface area contributed by atoms with Gasteiger partial charge in [-0.05, 0) is 23.7 Å². The summed E-state index contributed by atoms with van der Waals surface area (Å²) in [4.78, 5) is 5.37. The van der Waals surface area contributed by atoms with Gasteiger partial charge in [-0.1, -0.05) is 27.7 Å². The molecule has 2 aliphatic heterocycles.